The van der Waals surface area contributed by atoms with Crippen LogP contribution in [0.4, 0.5) is 5.13 Å². The van der Waals surface area contributed by atoms with Crippen molar-refractivity contribution in [3.05, 3.63) is 57.0 Å². The molecular formula is C26H27BrN4OS2. The number of carbonyl (C=O) groups excluding carboxylic acids is 1. The van der Waals surface area contributed by atoms with Crippen LogP contribution in [0.1, 0.15) is 50.9 Å². The molecule has 2 unspecified atom stereocenters. The fourth-order valence-electron chi connectivity index (χ4n) is 4.07. The molecule has 2 aromatic heterocycles. The zero-order valence-corrected chi connectivity index (χ0v) is 22.9. The number of thioether (sulfide) groups is 1. The summed E-state index contributed by atoms with van der Waals surface area (Å²) in [4.78, 5) is 22.2. The second-order valence-electron chi connectivity index (χ2n) is 9.66. The molecule has 0 fully saturated rings. The number of nitrogens with zero attached hydrogens (tertiary/aromatic N) is 3. The Labute approximate surface area is 217 Å². The molecule has 4 rings (SSSR count). The second-order valence-corrected chi connectivity index (χ2v) is 12.8. The normalized spacial score (nSPS) is 16.4. The SMILES string of the molecule is CC(Sc1nc2c(cc1C#N)CC(C(C)(C)C)CC2)C(=O)Nc1nc(-c2ccc(Br)cc2)cs1. The summed E-state index contributed by atoms with van der Waals surface area (Å²) in [5, 5.41) is 15.4. The van der Waals surface area contributed by atoms with Crippen molar-refractivity contribution in [3.8, 4) is 17.3 Å². The molecule has 1 N–H and O–H groups in total. The molecule has 2 heterocycles. The first-order valence-electron chi connectivity index (χ1n) is 11.3. The number of aromatic nitrogens is 2. The molecule has 176 valence electrons. The van der Waals surface area contributed by atoms with Crippen molar-refractivity contribution in [1.29, 1.82) is 5.26 Å². The van der Waals surface area contributed by atoms with E-state index in [1.54, 1.807) is 0 Å². The molecule has 0 aliphatic heterocycles. The van der Waals surface area contributed by atoms with Gasteiger partial charge in [-0.15, -0.1) is 11.3 Å². The lowest BCUT2D eigenvalue weighted by atomic mass is 9.71. The highest BCUT2D eigenvalue weighted by atomic mass is 79.9. The van der Waals surface area contributed by atoms with E-state index in [1.807, 2.05) is 42.6 Å². The van der Waals surface area contributed by atoms with E-state index in [-0.39, 0.29) is 11.3 Å². The number of aryl methyl sites for hydroxylation is 1. The average Bonchev–Trinajstić information content (AvgIpc) is 3.26. The number of nitrogens with one attached hydrogen (secondary N) is 1. The fourth-order valence-corrected chi connectivity index (χ4v) is 5.95. The molecule has 34 heavy (non-hydrogen) atoms. The number of hydrogen-bond donors (Lipinski definition) is 1. The number of hydrogen-bond acceptors (Lipinski definition) is 6. The van der Waals surface area contributed by atoms with Crippen molar-refractivity contribution >= 4 is 50.1 Å². The number of fused-ring (bicyclic) bond motifs is 1. The number of rotatable bonds is 5. The molecule has 1 aliphatic carbocycles. The third-order valence-electron chi connectivity index (χ3n) is 6.23. The van der Waals surface area contributed by atoms with Gasteiger partial charge in [-0.1, -0.05) is 60.6 Å². The zero-order chi connectivity index (χ0) is 24.5. The summed E-state index contributed by atoms with van der Waals surface area (Å²) in [5.74, 6) is 0.426. The van der Waals surface area contributed by atoms with Gasteiger partial charge < -0.3 is 5.32 Å². The minimum Gasteiger partial charge on any atom is -0.301 e. The van der Waals surface area contributed by atoms with Crippen molar-refractivity contribution in [3.63, 3.8) is 0 Å². The van der Waals surface area contributed by atoms with Crippen molar-refractivity contribution in [2.75, 3.05) is 5.32 Å². The number of halogens is 1. The van der Waals surface area contributed by atoms with Crippen molar-refractivity contribution in [1.82, 2.24) is 9.97 Å². The number of carbonyl (C=O) groups is 1. The van der Waals surface area contributed by atoms with E-state index in [0.717, 1.165) is 40.7 Å². The summed E-state index contributed by atoms with van der Waals surface area (Å²) in [6.45, 7) is 8.66. The number of benzene rings is 1. The maximum absolute atomic E-state index is 12.9. The Kier molecular flexibility index (Phi) is 7.46. The van der Waals surface area contributed by atoms with Crippen LogP contribution in [0.3, 0.4) is 0 Å². The predicted octanol–water partition coefficient (Wildman–Crippen LogP) is 7.11. The molecule has 2 atom stereocenters. The molecule has 1 aromatic carbocycles. The molecule has 0 saturated carbocycles. The third-order valence-corrected chi connectivity index (χ3v) is 8.62. The summed E-state index contributed by atoms with van der Waals surface area (Å²) < 4.78 is 1.01. The van der Waals surface area contributed by atoms with Gasteiger partial charge in [-0.3, -0.25) is 4.79 Å². The van der Waals surface area contributed by atoms with Crippen molar-refractivity contribution in [2.45, 2.75) is 57.2 Å². The van der Waals surface area contributed by atoms with E-state index in [9.17, 15) is 10.1 Å². The van der Waals surface area contributed by atoms with Crippen LogP contribution in [0.2, 0.25) is 0 Å². The van der Waals surface area contributed by atoms with Crippen molar-refractivity contribution in [2.24, 2.45) is 11.3 Å². The highest BCUT2D eigenvalue weighted by Gasteiger charge is 2.30. The monoisotopic (exact) mass is 554 g/mol. The van der Waals surface area contributed by atoms with Gasteiger partial charge >= 0.3 is 0 Å². The highest BCUT2D eigenvalue weighted by molar-refractivity contribution is 9.10. The minimum absolute atomic E-state index is 0.155. The second kappa shape index (κ2) is 10.2. The van der Waals surface area contributed by atoms with Gasteiger partial charge in [0.1, 0.15) is 11.1 Å². The first-order valence-corrected chi connectivity index (χ1v) is 13.8. The van der Waals surface area contributed by atoms with Crippen LogP contribution in [-0.4, -0.2) is 21.1 Å². The number of thiazole rings is 1. The summed E-state index contributed by atoms with van der Waals surface area (Å²) in [6, 6.07) is 12.2. The highest BCUT2D eigenvalue weighted by Crippen LogP contribution is 2.38. The quantitative estimate of drug-likeness (QED) is 0.340. The molecule has 0 spiro atoms. The predicted molar refractivity (Wildman–Crippen MR) is 143 cm³/mol. The van der Waals surface area contributed by atoms with Gasteiger partial charge in [0.05, 0.1) is 16.5 Å². The lowest BCUT2D eigenvalue weighted by Gasteiger charge is -2.34. The van der Waals surface area contributed by atoms with Gasteiger partial charge in [0.15, 0.2) is 5.13 Å². The average molecular weight is 556 g/mol. The van der Waals surface area contributed by atoms with E-state index in [0.29, 0.717) is 21.6 Å². The summed E-state index contributed by atoms with van der Waals surface area (Å²) in [7, 11) is 0. The number of nitriles is 1. The summed E-state index contributed by atoms with van der Waals surface area (Å²) in [5.41, 5.74) is 4.83. The number of pyridine rings is 1. The van der Waals surface area contributed by atoms with Gasteiger partial charge in [0.25, 0.3) is 0 Å². The maximum atomic E-state index is 12.9. The molecule has 5 nitrogen and oxygen atoms in total. The van der Waals surface area contributed by atoms with Crippen molar-refractivity contribution < 1.29 is 4.79 Å². The van der Waals surface area contributed by atoms with E-state index in [1.165, 1.54) is 28.7 Å². The minimum atomic E-state index is -0.413. The fraction of sp³-hybridized carbons (Fsp3) is 0.385. The van der Waals surface area contributed by atoms with Gasteiger partial charge in [-0.2, -0.15) is 5.26 Å². The smallest absolute Gasteiger partial charge is 0.239 e. The standard InChI is InChI=1S/C26H27BrN4OS2/c1-15(23(32)31-25-30-22(14-33-25)16-5-8-20(27)9-6-16)34-24-18(13-28)11-17-12-19(26(2,3)4)7-10-21(17)29-24/h5-6,8-9,11,14-15,19H,7,10,12H2,1-4H3,(H,30,31,32). The van der Waals surface area contributed by atoms with Crippen LogP contribution < -0.4 is 5.32 Å². The molecule has 8 heteroatoms. The maximum Gasteiger partial charge on any atom is 0.239 e. The number of amides is 1. The molecule has 3 aromatic rings. The topological polar surface area (TPSA) is 78.7 Å². The van der Waals surface area contributed by atoms with Gasteiger partial charge in [-0.25, -0.2) is 9.97 Å². The lowest BCUT2D eigenvalue weighted by Crippen LogP contribution is -2.27. The Hall–Kier alpha value is -2.21. The Morgan fingerprint density at radius 3 is 2.71 bits per heavy atom. The zero-order valence-electron chi connectivity index (χ0n) is 19.7. The molecule has 0 saturated heterocycles. The van der Waals surface area contributed by atoms with Crippen LogP contribution in [0.5, 0.6) is 0 Å². The molecule has 1 amide bonds. The van der Waals surface area contributed by atoms with Gasteiger partial charge in [0.2, 0.25) is 5.91 Å². The number of anilines is 1. The summed E-state index contributed by atoms with van der Waals surface area (Å²) in [6.07, 6.45) is 2.96. The summed E-state index contributed by atoms with van der Waals surface area (Å²) >= 11 is 6.17. The van der Waals surface area contributed by atoms with E-state index in [4.69, 9.17) is 4.98 Å². The van der Waals surface area contributed by atoms with Crippen LogP contribution in [0.25, 0.3) is 11.3 Å². The van der Waals surface area contributed by atoms with Crippen LogP contribution >= 0.6 is 39.0 Å². The molecular weight excluding hydrogens is 528 g/mol. The van der Waals surface area contributed by atoms with Crippen LogP contribution in [-0.2, 0) is 17.6 Å². The largest absolute Gasteiger partial charge is 0.301 e. The Morgan fingerprint density at radius 1 is 1.29 bits per heavy atom. The van der Waals surface area contributed by atoms with Gasteiger partial charge in [-0.05, 0) is 61.3 Å². The van der Waals surface area contributed by atoms with E-state index < -0.39 is 5.25 Å². The molecule has 1 aliphatic rings. The van der Waals surface area contributed by atoms with Crippen LogP contribution in [0, 0.1) is 22.7 Å². The first kappa shape index (κ1) is 24.9. The third kappa shape index (κ3) is 5.70. The van der Waals surface area contributed by atoms with Crippen LogP contribution in [0.15, 0.2) is 45.2 Å². The van der Waals surface area contributed by atoms with Gasteiger partial charge in [0, 0.05) is 21.1 Å². The Bertz CT molecular complexity index is 1240. The van der Waals surface area contributed by atoms with E-state index in [2.05, 4.69) is 53.1 Å². The molecule has 0 bridgehead atoms. The Morgan fingerprint density at radius 2 is 2.03 bits per heavy atom. The first-order chi connectivity index (χ1) is 16.1. The molecule has 0 radical (unpaired) electrons. The Balaban J connectivity index is 1.44. The lowest BCUT2D eigenvalue weighted by molar-refractivity contribution is -0.115. The van der Waals surface area contributed by atoms with E-state index >= 15 is 0 Å².